The molecule has 0 aliphatic carbocycles. The van der Waals surface area contributed by atoms with E-state index >= 15 is 0 Å². The van der Waals surface area contributed by atoms with Crippen LogP contribution in [0.5, 0.6) is 0 Å². The van der Waals surface area contributed by atoms with Gasteiger partial charge in [0.25, 0.3) is 0 Å². The van der Waals surface area contributed by atoms with Gasteiger partial charge < -0.3 is 0 Å². The summed E-state index contributed by atoms with van der Waals surface area (Å²) >= 11 is 12.1. The second-order valence-electron chi connectivity index (χ2n) is 13.0. The Morgan fingerprint density at radius 3 is 1.63 bits per heavy atom. The first-order chi connectivity index (χ1) is 11.6. The molecule has 27 heavy (non-hydrogen) atoms. The minimum atomic E-state index is -2.41. The van der Waals surface area contributed by atoms with Gasteiger partial charge in [-0.25, -0.2) is 0 Å². The van der Waals surface area contributed by atoms with Crippen LogP contribution < -0.4 is 0 Å². The molecule has 7 heteroatoms. The van der Waals surface area contributed by atoms with Gasteiger partial charge in [0.2, 0.25) is 0 Å². The maximum atomic E-state index is 4.78. The van der Waals surface area contributed by atoms with Gasteiger partial charge in [-0.05, 0) is 0 Å². The maximum absolute atomic E-state index is 4.78. The molecular weight excluding hydrogens is 556 g/mol. The Balaban J connectivity index is 2.20. The van der Waals surface area contributed by atoms with Crippen LogP contribution in [0.15, 0.2) is 0 Å². The van der Waals surface area contributed by atoms with Crippen LogP contribution in [0.4, 0.5) is 0 Å². The monoisotopic (exact) mass is 590 g/mol. The molecule has 0 N–H and O–H groups in total. The summed E-state index contributed by atoms with van der Waals surface area (Å²) in [7, 11) is 1.43. The predicted octanol–water partition coefficient (Wildman–Crippen LogP) is 11.0. The van der Waals surface area contributed by atoms with Gasteiger partial charge in [0, 0.05) is 0 Å². The van der Waals surface area contributed by atoms with Crippen molar-refractivity contribution in [2.75, 3.05) is 0 Å². The van der Waals surface area contributed by atoms with Crippen LogP contribution in [0.1, 0.15) is 83.1 Å². The number of rotatable bonds is 0. The zero-order chi connectivity index (χ0) is 21.1. The van der Waals surface area contributed by atoms with E-state index in [0.717, 1.165) is 0 Å². The van der Waals surface area contributed by atoms with Crippen molar-refractivity contribution in [3.8, 4) is 0 Å². The average Bonchev–Trinajstić information content (AvgIpc) is 2.57. The van der Waals surface area contributed by atoms with E-state index in [0.29, 0.717) is 35.7 Å². The molecule has 6 bridgehead atoms. The number of hydrogen-bond donors (Lipinski definition) is 0. The van der Waals surface area contributed by atoms with Gasteiger partial charge >= 0.3 is 193 Å². The van der Waals surface area contributed by atoms with E-state index in [4.69, 9.17) is 31.0 Å². The first-order valence-electron chi connectivity index (χ1n) is 9.96. The quantitative estimate of drug-likeness (QED) is 0.252. The molecule has 0 aromatic rings. The van der Waals surface area contributed by atoms with Gasteiger partial charge in [0.05, 0.1) is 0 Å². The molecule has 0 amide bonds. The standard InChI is InChI=1S/C20H36Br2P4S/c1-14(2,3)13-23-26(21,22)19(16(7,8)9)18(15(4,5)6)24(13)20(26,17(10,11)12)27-25(18)19/h1-12H3. The summed E-state index contributed by atoms with van der Waals surface area (Å²) in [5.74, 6) is 0. The van der Waals surface area contributed by atoms with Gasteiger partial charge in [0.15, 0.2) is 0 Å². The first kappa shape index (κ1) is 22.9. The molecule has 156 valence electrons. The van der Waals surface area contributed by atoms with Crippen LogP contribution in [0.25, 0.3) is 0 Å². The van der Waals surface area contributed by atoms with Gasteiger partial charge in [-0.1, -0.05) is 0 Å². The molecule has 5 rings (SSSR count). The molecule has 0 radical (unpaired) electrons. The molecule has 5 aliphatic rings. The van der Waals surface area contributed by atoms with Crippen molar-refractivity contribution in [2.24, 2.45) is 21.7 Å². The van der Waals surface area contributed by atoms with Crippen LogP contribution in [0, 0.1) is 21.7 Å². The van der Waals surface area contributed by atoms with E-state index in [2.05, 4.69) is 94.5 Å². The van der Waals surface area contributed by atoms with E-state index in [1.807, 2.05) is 5.03 Å². The molecule has 0 saturated carbocycles. The van der Waals surface area contributed by atoms with Crippen molar-refractivity contribution in [1.82, 2.24) is 0 Å². The minimum absolute atomic E-state index is 0.0482. The van der Waals surface area contributed by atoms with Crippen LogP contribution in [0.2, 0.25) is 0 Å². The van der Waals surface area contributed by atoms with Gasteiger partial charge in [0.1, 0.15) is 0 Å². The van der Waals surface area contributed by atoms with Crippen LogP contribution >= 0.6 is 69.0 Å². The molecule has 5 aliphatic heterocycles. The summed E-state index contributed by atoms with van der Waals surface area (Å²) in [6, 6.07) is 0. The normalized spacial score (nSPS) is 48.8. The fraction of sp³-hybridized carbons (Fsp3) is 0.950. The fourth-order valence-corrected chi connectivity index (χ4v) is 81.8. The Bertz CT molecular complexity index is 795. The summed E-state index contributed by atoms with van der Waals surface area (Å²) in [5, 5.41) is 1.91. The first-order valence-corrected chi connectivity index (χ1v) is 21.9. The number of halogens is 2. The van der Waals surface area contributed by atoms with Crippen molar-refractivity contribution in [3.63, 3.8) is 0 Å². The molecule has 0 aromatic heterocycles. The molecule has 0 aromatic carbocycles. The van der Waals surface area contributed by atoms with E-state index < -0.39 is 3.70 Å². The van der Waals surface area contributed by atoms with E-state index in [1.165, 1.54) is 0 Å². The van der Waals surface area contributed by atoms with Crippen molar-refractivity contribution in [2.45, 2.75) is 97.1 Å². The molecule has 4 saturated heterocycles. The third kappa shape index (κ3) is 1.84. The Morgan fingerprint density at radius 1 is 0.815 bits per heavy atom. The van der Waals surface area contributed by atoms with Crippen molar-refractivity contribution in [3.05, 3.63) is 0 Å². The molecule has 4 fully saturated rings. The van der Waals surface area contributed by atoms with E-state index in [-0.39, 0.29) is 15.0 Å². The zero-order valence-electron chi connectivity index (χ0n) is 19.0. The summed E-state index contributed by atoms with van der Waals surface area (Å²) in [6.07, 6.45) is 0. The third-order valence-electron chi connectivity index (χ3n) is 7.16. The van der Waals surface area contributed by atoms with Crippen LogP contribution in [-0.4, -0.2) is 19.1 Å². The molecular formula is C20H36Br2P4S. The molecule has 5 atom stereocenters. The second-order valence-corrected chi connectivity index (χ2v) is 43.2. The molecule has 0 nitrogen and oxygen atoms in total. The Kier molecular flexibility index (Phi) is 4.36. The van der Waals surface area contributed by atoms with Crippen molar-refractivity contribution < 1.29 is 0 Å². The molecule has 5 heterocycles. The average molecular weight is 592 g/mol. The number of hydrogen-bond acceptors (Lipinski definition) is 1. The third-order valence-corrected chi connectivity index (χ3v) is 52.5. The summed E-state index contributed by atoms with van der Waals surface area (Å²) < 4.78 is -2.03. The van der Waals surface area contributed by atoms with Gasteiger partial charge in [-0.15, -0.1) is 0 Å². The summed E-state index contributed by atoms with van der Waals surface area (Å²) in [6.45, 7) is 30.5. The molecule has 5 unspecified atom stereocenters. The Morgan fingerprint density at radius 2 is 1.30 bits per heavy atom. The van der Waals surface area contributed by atoms with Gasteiger partial charge in [-0.2, -0.15) is 0 Å². The predicted molar refractivity (Wildman–Crippen MR) is 144 cm³/mol. The van der Waals surface area contributed by atoms with Gasteiger partial charge in [-0.3, -0.25) is 0 Å². The molecule has 0 spiro atoms. The fourth-order valence-electron chi connectivity index (χ4n) is 6.70. The van der Waals surface area contributed by atoms with Crippen molar-refractivity contribution in [1.29, 1.82) is 0 Å². The SMILES string of the molecule is CC(C)(C)C1=PP2(Br)(Br)C3(C(C)(C)C)SP4C(C(C)(C)C)(P13)C42C(C)(C)C. The Labute approximate surface area is 191 Å². The van der Waals surface area contributed by atoms with E-state index in [9.17, 15) is 0 Å². The summed E-state index contributed by atoms with van der Waals surface area (Å²) in [4.78, 5) is 0.971. The Hall–Kier alpha value is 2.77. The second kappa shape index (κ2) is 5.13. The zero-order valence-corrected chi connectivity index (χ0v) is 26.5. The van der Waals surface area contributed by atoms with Crippen LogP contribution in [0.3, 0.4) is 0 Å². The topological polar surface area (TPSA) is 0 Å². The van der Waals surface area contributed by atoms with Crippen LogP contribution in [-0.2, 0) is 0 Å². The van der Waals surface area contributed by atoms with Crippen molar-refractivity contribution >= 4 is 74.0 Å². The van der Waals surface area contributed by atoms with E-state index in [1.54, 1.807) is 7.89 Å². The summed E-state index contributed by atoms with van der Waals surface area (Å²) in [5.41, 5.74) is 1.27.